The quantitative estimate of drug-likeness (QED) is 0.377. The highest BCUT2D eigenvalue weighted by Crippen LogP contribution is 2.39. The lowest BCUT2D eigenvalue weighted by atomic mass is 9.89. The van der Waals surface area contributed by atoms with E-state index in [1.807, 2.05) is 6.07 Å². The Balaban J connectivity index is 1.70. The van der Waals surface area contributed by atoms with Gasteiger partial charge in [0.15, 0.2) is 5.78 Å². The molecule has 0 saturated heterocycles. The Hall–Kier alpha value is -3.51. The standard InChI is InChI=1S/C23H19NO5/c25-20-10-4-9-18-17(20)8-5-11-21(18)29-22-13-12-16(14-19(22)24(27)28)23(26)15-6-2-1-3-7-15/h1-3,5-8,11-14,20,25H,4,9-10H2/t20-/m0/s1. The molecule has 6 nitrogen and oxygen atoms in total. The van der Waals surface area contributed by atoms with Crippen LogP contribution in [0.2, 0.25) is 0 Å². The Morgan fingerprint density at radius 1 is 1.00 bits per heavy atom. The van der Waals surface area contributed by atoms with Crippen molar-refractivity contribution in [1.82, 2.24) is 0 Å². The lowest BCUT2D eigenvalue weighted by Crippen LogP contribution is -2.10. The van der Waals surface area contributed by atoms with Gasteiger partial charge in [-0.05, 0) is 43.0 Å². The zero-order valence-corrected chi connectivity index (χ0v) is 15.6. The highest BCUT2D eigenvalue weighted by molar-refractivity contribution is 6.09. The zero-order valence-electron chi connectivity index (χ0n) is 15.6. The van der Waals surface area contributed by atoms with E-state index in [1.54, 1.807) is 42.5 Å². The minimum absolute atomic E-state index is 0.0630. The molecular formula is C23H19NO5. The molecule has 0 aromatic heterocycles. The van der Waals surface area contributed by atoms with Gasteiger partial charge >= 0.3 is 5.69 Å². The minimum atomic E-state index is -0.554. The van der Waals surface area contributed by atoms with E-state index in [9.17, 15) is 20.0 Å². The molecular weight excluding hydrogens is 370 g/mol. The van der Waals surface area contributed by atoms with Crippen molar-refractivity contribution in [3.05, 3.63) is 99.1 Å². The van der Waals surface area contributed by atoms with Crippen molar-refractivity contribution in [2.24, 2.45) is 0 Å². The second-order valence-corrected chi connectivity index (χ2v) is 6.97. The number of carbonyl (C=O) groups excluding carboxylic acids is 1. The Morgan fingerprint density at radius 2 is 1.79 bits per heavy atom. The first-order valence-corrected chi connectivity index (χ1v) is 9.40. The van der Waals surface area contributed by atoms with Crippen LogP contribution in [0, 0.1) is 10.1 Å². The molecule has 0 aliphatic heterocycles. The first kappa shape index (κ1) is 18.8. The Morgan fingerprint density at radius 3 is 2.55 bits per heavy atom. The number of ether oxygens (including phenoxy) is 1. The third-order valence-corrected chi connectivity index (χ3v) is 5.11. The molecule has 29 heavy (non-hydrogen) atoms. The van der Waals surface area contributed by atoms with Crippen molar-refractivity contribution in [3.63, 3.8) is 0 Å². The fourth-order valence-electron chi connectivity index (χ4n) is 3.65. The number of benzene rings is 3. The van der Waals surface area contributed by atoms with Crippen LogP contribution in [0.5, 0.6) is 11.5 Å². The molecule has 3 aromatic rings. The summed E-state index contributed by atoms with van der Waals surface area (Å²) < 4.78 is 5.89. The molecule has 1 N–H and O–H groups in total. The van der Waals surface area contributed by atoms with E-state index in [0.29, 0.717) is 17.7 Å². The maximum Gasteiger partial charge on any atom is 0.312 e. The summed E-state index contributed by atoms with van der Waals surface area (Å²) in [4.78, 5) is 23.7. The number of nitro groups is 1. The molecule has 6 heteroatoms. The molecule has 0 fully saturated rings. The average Bonchev–Trinajstić information content (AvgIpc) is 2.75. The molecule has 0 radical (unpaired) electrons. The van der Waals surface area contributed by atoms with Gasteiger partial charge in [-0.3, -0.25) is 14.9 Å². The van der Waals surface area contributed by atoms with Crippen LogP contribution in [-0.4, -0.2) is 15.8 Å². The van der Waals surface area contributed by atoms with E-state index in [2.05, 4.69) is 0 Å². The Labute approximate surface area is 167 Å². The second kappa shape index (κ2) is 7.85. The molecule has 0 spiro atoms. The smallest absolute Gasteiger partial charge is 0.312 e. The van der Waals surface area contributed by atoms with Crippen LogP contribution >= 0.6 is 0 Å². The molecule has 1 atom stereocenters. The average molecular weight is 389 g/mol. The van der Waals surface area contributed by atoms with Gasteiger partial charge in [-0.25, -0.2) is 0 Å². The number of fused-ring (bicyclic) bond motifs is 1. The maximum atomic E-state index is 12.6. The van der Waals surface area contributed by atoms with Crippen LogP contribution in [0.3, 0.4) is 0 Å². The predicted octanol–water partition coefficient (Wildman–Crippen LogP) is 4.99. The molecule has 1 aliphatic carbocycles. The van der Waals surface area contributed by atoms with Crippen molar-refractivity contribution < 1.29 is 19.6 Å². The normalized spacial score (nSPS) is 15.4. The van der Waals surface area contributed by atoms with Crippen molar-refractivity contribution >= 4 is 11.5 Å². The summed E-state index contributed by atoms with van der Waals surface area (Å²) in [5.74, 6) is 0.264. The van der Waals surface area contributed by atoms with Gasteiger partial charge in [0.1, 0.15) is 5.75 Å². The van der Waals surface area contributed by atoms with Crippen molar-refractivity contribution in [2.75, 3.05) is 0 Å². The van der Waals surface area contributed by atoms with Gasteiger partial charge in [-0.1, -0.05) is 42.5 Å². The van der Waals surface area contributed by atoms with E-state index in [4.69, 9.17) is 4.74 Å². The molecule has 1 aliphatic rings. The van der Waals surface area contributed by atoms with E-state index in [-0.39, 0.29) is 22.8 Å². The van der Waals surface area contributed by atoms with Gasteiger partial charge in [0.25, 0.3) is 0 Å². The lowest BCUT2D eigenvalue weighted by Gasteiger charge is -2.23. The van der Waals surface area contributed by atoms with Crippen LogP contribution in [-0.2, 0) is 6.42 Å². The van der Waals surface area contributed by atoms with E-state index in [0.717, 1.165) is 24.0 Å². The second-order valence-electron chi connectivity index (χ2n) is 6.97. The molecule has 4 rings (SSSR count). The number of carbonyl (C=O) groups is 1. The summed E-state index contributed by atoms with van der Waals surface area (Å²) in [6.45, 7) is 0. The van der Waals surface area contributed by atoms with Crippen LogP contribution in [0.4, 0.5) is 5.69 Å². The van der Waals surface area contributed by atoms with Crippen molar-refractivity contribution in [3.8, 4) is 11.5 Å². The first-order chi connectivity index (χ1) is 14.0. The number of nitrogens with zero attached hydrogens (tertiary/aromatic N) is 1. The predicted molar refractivity (Wildman–Crippen MR) is 107 cm³/mol. The summed E-state index contributed by atoms with van der Waals surface area (Å²) in [6, 6.07) is 18.2. The number of aliphatic hydroxyl groups excluding tert-OH is 1. The molecule has 0 bridgehead atoms. The Bertz CT molecular complexity index is 1080. The minimum Gasteiger partial charge on any atom is -0.450 e. The van der Waals surface area contributed by atoms with Crippen LogP contribution in [0.1, 0.15) is 46.0 Å². The van der Waals surface area contributed by atoms with Crippen molar-refractivity contribution in [1.29, 1.82) is 0 Å². The SMILES string of the molecule is O=C(c1ccccc1)c1ccc(Oc2cccc3c2CCC[C@@H]3O)c([N+](=O)[O-])c1. The van der Waals surface area contributed by atoms with Gasteiger partial charge in [0, 0.05) is 22.8 Å². The lowest BCUT2D eigenvalue weighted by molar-refractivity contribution is -0.385. The van der Waals surface area contributed by atoms with Gasteiger partial charge in [-0.2, -0.15) is 0 Å². The third-order valence-electron chi connectivity index (χ3n) is 5.11. The van der Waals surface area contributed by atoms with E-state index in [1.165, 1.54) is 18.2 Å². The molecule has 0 heterocycles. The molecule has 0 amide bonds. The van der Waals surface area contributed by atoms with Crippen LogP contribution in [0.15, 0.2) is 66.7 Å². The van der Waals surface area contributed by atoms with Gasteiger partial charge < -0.3 is 9.84 Å². The van der Waals surface area contributed by atoms with Crippen molar-refractivity contribution in [2.45, 2.75) is 25.4 Å². The zero-order chi connectivity index (χ0) is 20.4. The van der Waals surface area contributed by atoms with E-state index >= 15 is 0 Å². The fraction of sp³-hybridized carbons (Fsp3) is 0.174. The van der Waals surface area contributed by atoms with Gasteiger partial charge in [0.2, 0.25) is 5.75 Å². The molecule has 0 saturated carbocycles. The fourth-order valence-corrected chi connectivity index (χ4v) is 3.65. The summed E-state index contributed by atoms with van der Waals surface area (Å²) in [7, 11) is 0. The number of nitro benzene ring substituents is 1. The number of hydrogen-bond donors (Lipinski definition) is 1. The highest BCUT2D eigenvalue weighted by atomic mass is 16.6. The molecule has 146 valence electrons. The first-order valence-electron chi connectivity index (χ1n) is 9.40. The number of aliphatic hydroxyl groups is 1. The van der Waals surface area contributed by atoms with E-state index < -0.39 is 11.0 Å². The maximum absolute atomic E-state index is 12.6. The Kier molecular flexibility index (Phi) is 5.10. The van der Waals surface area contributed by atoms with Gasteiger partial charge in [0.05, 0.1) is 11.0 Å². The summed E-state index contributed by atoms with van der Waals surface area (Å²) >= 11 is 0. The largest absolute Gasteiger partial charge is 0.450 e. The molecule has 0 unspecified atom stereocenters. The molecule has 3 aromatic carbocycles. The third kappa shape index (κ3) is 3.75. The topological polar surface area (TPSA) is 89.7 Å². The van der Waals surface area contributed by atoms with Crippen LogP contribution < -0.4 is 4.74 Å². The number of rotatable bonds is 5. The number of hydrogen-bond acceptors (Lipinski definition) is 5. The van der Waals surface area contributed by atoms with Crippen LogP contribution in [0.25, 0.3) is 0 Å². The summed E-state index contributed by atoms with van der Waals surface area (Å²) in [5.41, 5.74) is 2.07. The summed E-state index contributed by atoms with van der Waals surface area (Å²) in [6.07, 6.45) is 1.69. The van der Waals surface area contributed by atoms with Gasteiger partial charge in [-0.15, -0.1) is 0 Å². The monoisotopic (exact) mass is 389 g/mol. The number of ketones is 1. The highest BCUT2D eigenvalue weighted by Gasteiger charge is 2.24. The summed E-state index contributed by atoms with van der Waals surface area (Å²) in [5, 5.41) is 21.8.